The van der Waals surface area contributed by atoms with Crippen molar-refractivity contribution >= 4 is 29.9 Å². The zero-order valence-corrected chi connectivity index (χ0v) is 20.8. The van der Waals surface area contributed by atoms with Gasteiger partial charge in [0.1, 0.15) is 0 Å². The lowest BCUT2D eigenvalue weighted by Gasteiger charge is -2.30. The van der Waals surface area contributed by atoms with Crippen LogP contribution in [0.4, 0.5) is 0 Å². The van der Waals surface area contributed by atoms with Crippen molar-refractivity contribution in [1.29, 1.82) is 0 Å². The van der Waals surface area contributed by atoms with Crippen molar-refractivity contribution in [2.24, 2.45) is 4.99 Å². The van der Waals surface area contributed by atoms with Crippen LogP contribution in [0.2, 0.25) is 0 Å². The summed E-state index contributed by atoms with van der Waals surface area (Å²) in [6.45, 7) is 11.3. The van der Waals surface area contributed by atoms with Gasteiger partial charge in [-0.3, -0.25) is 9.89 Å². The molecule has 162 valence electrons. The van der Waals surface area contributed by atoms with Gasteiger partial charge in [0.15, 0.2) is 17.5 Å². The van der Waals surface area contributed by atoms with Gasteiger partial charge in [-0.05, 0) is 45.4 Å². The van der Waals surface area contributed by atoms with E-state index in [0.717, 1.165) is 24.6 Å². The molecule has 0 aliphatic rings. The van der Waals surface area contributed by atoms with Gasteiger partial charge in [0.25, 0.3) is 0 Å². The number of rotatable bonds is 10. The van der Waals surface area contributed by atoms with Crippen LogP contribution in [0.1, 0.15) is 33.3 Å². The molecular weight excluding hydrogens is 471 g/mol. The Balaban J connectivity index is 0.00000729. The number of aliphatic imine (C=N–C) groups is 1. The Labute approximate surface area is 187 Å². The van der Waals surface area contributed by atoms with Crippen LogP contribution < -0.4 is 24.8 Å². The van der Waals surface area contributed by atoms with Crippen molar-refractivity contribution < 1.29 is 14.2 Å². The fourth-order valence-corrected chi connectivity index (χ4v) is 3.06. The Hall–Kier alpha value is -1.42. The second kappa shape index (κ2) is 13.7. The molecule has 0 bridgehead atoms. The number of halogens is 1. The number of nitrogens with one attached hydrogen (secondary N) is 2. The molecule has 1 rings (SSSR count). The highest BCUT2D eigenvalue weighted by molar-refractivity contribution is 14.0. The molecule has 0 unspecified atom stereocenters. The molecule has 1 aromatic rings. The summed E-state index contributed by atoms with van der Waals surface area (Å²) < 4.78 is 16.2. The van der Waals surface area contributed by atoms with Crippen LogP contribution in [0.25, 0.3) is 0 Å². The lowest BCUT2D eigenvalue weighted by Crippen LogP contribution is -2.45. The summed E-state index contributed by atoms with van der Waals surface area (Å²) in [5, 5.41) is 6.70. The third kappa shape index (κ3) is 7.90. The molecule has 0 saturated heterocycles. The molecule has 0 aliphatic carbocycles. The van der Waals surface area contributed by atoms with E-state index in [2.05, 4.69) is 48.2 Å². The van der Waals surface area contributed by atoms with E-state index >= 15 is 0 Å². The van der Waals surface area contributed by atoms with Gasteiger partial charge in [0.05, 0.1) is 21.3 Å². The number of methoxy groups -OCH3 is 3. The second-order valence-corrected chi connectivity index (χ2v) is 6.81. The average molecular weight is 508 g/mol. The van der Waals surface area contributed by atoms with E-state index < -0.39 is 0 Å². The van der Waals surface area contributed by atoms with Gasteiger partial charge >= 0.3 is 0 Å². The molecule has 0 saturated carbocycles. The monoisotopic (exact) mass is 508 g/mol. The Morgan fingerprint density at radius 1 is 0.964 bits per heavy atom. The van der Waals surface area contributed by atoms with Crippen molar-refractivity contribution in [2.75, 3.05) is 41.5 Å². The minimum atomic E-state index is 0. The van der Waals surface area contributed by atoms with E-state index in [1.165, 1.54) is 0 Å². The number of ether oxygens (including phenoxy) is 3. The molecular formula is C20H37IN4O3. The first-order valence-corrected chi connectivity index (χ1v) is 9.37. The first-order chi connectivity index (χ1) is 12.9. The van der Waals surface area contributed by atoms with Crippen molar-refractivity contribution in [3.8, 4) is 17.2 Å². The highest BCUT2D eigenvalue weighted by atomic mass is 127. The topological polar surface area (TPSA) is 67.4 Å². The summed E-state index contributed by atoms with van der Waals surface area (Å²) in [7, 11) is 6.60. The highest BCUT2D eigenvalue weighted by Gasteiger charge is 2.14. The van der Waals surface area contributed by atoms with Gasteiger partial charge < -0.3 is 24.8 Å². The van der Waals surface area contributed by atoms with E-state index in [9.17, 15) is 0 Å². The predicted molar refractivity (Wildman–Crippen MR) is 127 cm³/mol. The van der Waals surface area contributed by atoms with E-state index in [0.29, 0.717) is 35.9 Å². The first kappa shape index (κ1) is 26.6. The molecule has 0 fully saturated rings. The molecule has 7 nitrogen and oxygen atoms in total. The molecule has 0 heterocycles. The Morgan fingerprint density at radius 3 is 1.89 bits per heavy atom. The van der Waals surface area contributed by atoms with E-state index in [-0.39, 0.29) is 24.0 Å². The van der Waals surface area contributed by atoms with Crippen molar-refractivity contribution in [3.63, 3.8) is 0 Å². The molecule has 0 aliphatic heterocycles. The average Bonchev–Trinajstić information content (AvgIpc) is 2.65. The fraction of sp³-hybridized carbons (Fsp3) is 0.650. The van der Waals surface area contributed by atoms with E-state index in [1.54, 1.807) is 28.4 Å². The standard InChI is InChI=1S/C20H36N4O3.HI/c1-14(2)24(15(3)4)10-9-22-20(21-5)23-13-16-11-17(25-6)19(27-8)18(12-16)26-7;/h11-12,14-15H,9-10,13H2,1-8H3,(H2,21,22,23);1H. The van der Waals surface area contributed by atoms with Crippen molar-refractivity contribution in [2.45, 2.75) is 46.3 Å². The highest BCUT2D eigenvalue weighted by Crippen LogP contribution is 2.38. The van der Waals surface area contributed by atoms with Crippen LogP contribution in [0, 0.1) is 0 Å². The molecule has 0 spiro atoms. The number of benzene rings is 1. The zero-order chi connectivity index (χ0) is 20.4. The number of guanidine groups is 1. The van der Waals surface area contributed by atoms with Crippen LogP contribution in [-0.2, 0) is 6.54 Å². The molecule has 0 atom stereocenters. The molecule has 28 heavy (non-hydrogen) atoms. The number of hydrogen-bond acceptors (Lipinski definition) is 5. The predicted octanol–water partition coefficient (Wildman–Crippen LogP) is 3.11. The molecule has 8 heteroatoms. The lowest BCUT2D eigenvalue weighted by molar-refractivity contribution is 0.178. The first-order valence-electron chi connectivity index (χ1n) is 9.37. The summed E-state index contributed by atoms with van der Waals surface area (Å²) >= 11 is 0. The van der Waals surface area contributed by atoms with E-state index in [1.807, 2.05) is 12.1 Å². The second-order valence-electron chi connectivity index (χ2n) is 6.81. The van der Waals surface area contributed by atoms with Gasteiger partial charge in [0.2, 0.25) is 5.75 Å². The maximum atomic E-state index is 5.40. The molecule has 0 amide bonds. The van der Waals surface area contributed by atoms with Gasteiger partial charge in [-0.2, -0.15) is 0 Å². The Morgan fingerprint density at radius 2 is 1.50 bits per heavy atom. The summed E-state index contributed by atoms with van der Waals surface area (Å²) in [5.41, 5.74) is 1.01. The Bertz CT molecular complexity index is 576. The molecule has 0 radical (unpaired) electrons. The SMILES string of the molecule is CN=C(NCCN(C(C)C)C(C)C)NCc1cc(OC)c(OC)c(OC)c1.I. The minimum absolute atomic E-state index is 0. The quantitative estimate of drug-likeness (QED) is 0.288. The van der Waals surface area contributed by atoms with Crippen molar-refractivity contribution in [1.82, 2.24) is 15.5 Å². The lowest BCUT2D eigenvalue weighted by atomic mass is 10.2. The van der Waals surface area contributed by atoms with Crippen LogP contribution in [0.5, 0.6) is 17.2 Å². The maximum absolute atomic E-state index is 5.40. The molecule has 1 aromatic carbocycles. The van der Waals surface area contributed by atoms with Crippen molar-refractivity contribution in [3.05, 3.63) is 17.7 Å². The van der Waals surface area contributed by atoms with Crippen LogP contribution >= 0.6 is 24.0 Å². The van der Waals surface area contributed by atoms with Gasteiger partial charge in [-0.1, -0.05) is 0 Å². The summed E-state index contributed by atoms with van der Waals surface area (Å²) in [6, 6.07) is 4.89. The molecule has 2 N–H and O–H groups in total. The normalized spacial score (nSPS) is 11.5. The smallest absolute Gasteiger partial charge is 0.203 e. The minimum Gasteiger partial charge on any atom is -0.493 e. The van der Waals surface area contributed by atoms with E-state index in [4.69, 9.17) is 14.2 Å². The largest absolute Gasteiger partial charge is 0.493 e. The van der Waals surface area contributed by atoms with Crippen LogP contribution in [0.15, 0.2) is 17.1 Å². The van der Waals surface area contributed by atoms with Gasteiger partial charge in [-0.25, -0.2) is 0 Å². The van der Waals surface area contributed by atoms with Crippen LogP contribution in [-0.4, -0.2) is 64.4 Å². The third-order valence-corrected chi connectivity index (χ3v) is 4.40. The molecule has 0 aromatic heterocycles. The summed E-state index contributed by atoms with van der Waals surface area (Å²) in [4.78, 5) is 6.74. The summed E-state index contributed by atoms with van der Waals surface area (Å²) in [5.74, 6) is 2.63. The Kier molecular flexibility index (Phi) is 13.0. The maximum Gasteiger partial charge on any atom is 0.203 e. The fourth-order valence-electron chi connectivity index (χ4n) is 3.06. The third-order valence-electron chi connectivity index (χ3n) is 4.40. The zero-order valence-electron chi connectivity index (χ0n) is 18.5. The number of hydrogen-bond donors (Lipinski definition) is 2. The number of nitrogens with zero attached hydrogens (tertiary/aromatic N) is 2. The van der Waals surface area contributed by atoms with Gasteiger partial charge in [0, 0.05) is 38.8 Å². The van der Waals surface area contributed by atoms with Gasteiger partial charge in [-0.15, -0.1) is 24.0 Å². The summed E-state index contributed by atoms with van der Waals surface area (Å²) in [6.07, 6.45) is 0. The van der Waals surface area contributed by atoms with Crippen LogP contribution in [0.3, 0.4) is 0 Å².